The minimum Gasteiger partial charge on any atom is -0.0994 e. The average Bonchev–Trinajstić information content (AvgIpc) is 2.40. The molecule has 0 radical (unpaired) electrons. The topological polar surface area (TPSA) is 0 Å². The van der Waals surface area contributed by atoms with Crippen LogP contribution in [-0.4, -0.2) is 14.0 Å². The van der Waals surface area contributed by atoms with E-state index in [0.29, 0.717) is 11.8 Å². The van der Waals surface area contributed by atoms with Crippen molar-refractivity contribution in [2.24, 2.45) is 11.8 Å². The van der Waals surface area contributed by atoms with Crippen LogP contribution in [0, 0.1) is 11.8 Å². The summed E-state index contributed by atoms with van der Waals surface area (Å²) in [6.07, 6.45) is 2.25. The van der Waals surface area contributed by atoms with Crippen LogP contribution in [0.4, 0.5) is 0 Å². The Hall–Kier alpha value is -0.390. The molecular formula is C26H56B2. The van der Waals surface area contributed by atoms with Crippen LogP contribution in [-0.2, 0) is 0 Å². The van der Waals surface area contributed by atoms with Gasteiger partial charge in [-0.2, -0.15) is 0 Å². The second-order valence-corrected chi connectivity index (χ2v) is 11.1. The molecule has 0 spiro atoms. The third kappa shape index (κ3) is 20.3. The Morgan fingerprint density at radius 3 is 1.04 bits per heavy atom. The summed E-state index contributed by atoms with van der Waals surface area (Å²) >= 11 is 0. The summed E-state index contributed by atoms with van der Waals surface area (Å²) in [6, 6.07) is 0. The predicted molar refractivity (Wildman–Crippen MR) is 141 cm³/mol. The molecular weight excluding hydrogens is 334 g/mol. The highest BCUT2D eigenvalue weighted by Crippen LogP contribution is 2.32. The van der Waals surface area contributed by atoms with E-state index in [9.17, 15) is 0 Å². The molecule has 0 unspecified atom stereocenters. The lowest BCUT2D eigenvalue weighted by atomic mass is 9.29. The van der Waals surface area contributed by atoms with Gasteiger partial charge in [0.25, 0.3) is 0 Å². The van der Waals surface area contributed by atoms with Crippen LogP contribution in [0.5, 0.6) is 0 Å². The molecule has 0 rings (SSSR count). The second-order valence-electron chi connectivity index (χ2n) is 11.1. The van der Waals surface area contributed by atoms with E-state index in [0.717, 1.165) is 30.0 Å². The smallest absolute Gasteiger partial charge is 0.0994 e. The molecule has 166 valence electrons. The molecule has 0 aliphatic heterocycles. The maximum atomic E-state index is 2.34. The van der Waals surface area contributed by atoms with Crippen molar-refractivity contribution in [2.75, 3.05) is 0 Å². The number of hydrogen-bond donors (Lipinski definition) is 0. The highest BCUT2D eigenvalue weighted by atomic mass is 14.1. The first kappa shape index (κ1) is 32.3. The summed E-state index contributed by atoms with van der Waals surface area (Å²) in [7, 11) is 1.36. The van der Waals surface area contributed by atoms with Crippen molar-refractivity contribution in [2.45, 2.75) is 134 Å². The summed E-state index contributed by atoms with van der Waals surface area (Å²) in [6.45, 7) is 37.0. The van der Waals surface area contributed by atoms with Gasteiger partial charge in [-0.3, -0.25) is 0 Å². The van der Waals surface area contributed by atoms with Crippen LogP contribution in [0.25, 0.3) is 0 Å². The standard InChI is InChI=1S/C13H27B.C7H14.C6H15B/c1-9(2)13(10(3)4)14(11(5)6)12(7)8;1-6(2)5-7(3)4;1-5(2)7-6(3)4/h9,11-12H,1-8H3;5-6H,1-4H3;5-7H,1-4H3. The van der Waals surface area contributed by atoms with E-state index in [1.54, 1.807) is 5.47 Å². The fraction of sp³-hybridized carbons (Fsp3) is 0.846. The average molecular weight is 390 g/mol. The zero-order valence-electron chi connectivity index (χ0n) is 22.8. The molecule has 0 saturated carbocycles. The Labute approximate surface area is 182 Å². The van der Waals surface area contributed by atoms with Gasteiger partial charge in [0.05, 0.1) is 0 Å². The minimum atomic E-state index is 0.690. The highest BCUT2D eigenvalue weighted by molar-refractivity contribution is 6.69. The largest absolute Gasteiger partial charge is 0.176 e. The van der Waals surface area contributed by atoms with E-state index >= 15 is 0 Å². The van der Waals surface area contributed by atoms with E-state index in [4.69, 9.17) is 0 Å². The quantitative estimate of drug-likeness (QED) is 0.300. The molecule has 0 saturated heterocycles. The first-order valence-corrected chi connectivity index (χ1v) is 11.9. The van der Waals surface area contributed by atoms with E-state index in [2.05, 4.69) is 117 Å². The summed E-state index contributed by atoms with van der Waals surface area (Å²) in [5, 5.41) is 0. The molecule has 0 aliphatic carbocycles. The van der Waals surface area contributed by atoms with E-state index in [-0.39, 0.29) is 0 Å². The van der Waals surface area contributed by atoms with Crippen molar-refractivity contribution in [3.8, 4) is 0 Å². The molecule has 0 aromatic carbocycles. The molecule has 2 heteroatoms. The third-order valence-corrected chi connectivity index (χ3v) is 4.60. The lowest BCUT2D eigenvalue weighted by Crippen LogP contribution is -2.28. The van der Waals surface area contributed by atoms with E-state index < -0.39 is 0 Å². The van der Waals surface area contributed by atoms with Gasteiger partial charge in [0, 0.05) is 0 Å². The van der Waals surface area contributed by atoms with Gasteiger partial charge in [0.15, 0.2) is 6.71 Å². The van der Waals surface area contributed by atoms with Gasteiger partial charge in [-0.1, -0.05) is 129 Å². The lowest BCUT2D eigenvalue weighted by molar-refractivity contribution is 0.776. The summed E-state index contributed by atoms with van der Waals surface area (Å²) in [5.74, 6) is 4.66. The van der Waals surface area contributed by atoms with Gasteiger partial charge >= 0.3 is 0 Å². The van der Waals surface area contributed by atoms with Gasteiger partial charge in [0.1, 0.15) is 7.28 Å². The SMILES string of the molecule is CC(C)=C(B(C(C)C)C(C)C)C(C)C.CC(C)=CC(C)C.CC(C)BC(C)C. The maximum Gasteiger partial charge on any atom is 0.176 e. The van der Waals surface area contributed by atoms with Crippen LogP contribution >= 0.6 is 0 Å². The van der Waals surface area contributed by atoms with Crippen LogP contribution in [0.15, 0.2) is 22.7 Å². The lowest BCUT2D eigenvalue weighted by Gasteiger charge is -2.28. The number of rotatable bonds is 7. The fourth-order valence-corrected chi connectivity index (χ4v) is 4.39. The van der Waals surface area contributed by atoms with E-state index in [1.807, 2.05) is 0 Å². The van der Waals surface area contributed by atoms with E-state index in [1.165, 1.54) is 18.4 Å². The molecule has 0 aliphatic rings. The van der Waals surface area contributed by atoms with Gasteiger partial charge in [0.2, 0.25) is 0 Å². The first-order valence-electron chi connectivity index (χ1n) is 11.9. The molecule has 0 aromatic rings. The monoisotopic (exact) mass is 390 g/mol. The number of hydrogen-bond acceptors (Lipinski definition) is 0. The van der Waals surface area contributed by atoms with Crippen molar-refractivity contribution >= 4 is 14.0 Å². The summed E-state index contributed by atoms with van der Waals surface area (Å²) < 4.78 is 0. The maximum absolute atomic E-state index is 2.34. The van der Waals surface area contributed by atoms with Gasteiger partial charge in [-0.15, -0.1) is 0 Å². The number of allylic oxidation sites excluding steroid dienone is 4. The zero-order valence-corrected chi connectivity index (χ0v) is 22.8. The van der Waals surface area contributed by atoms with Gasteiger partial charge < -0.3 is 0 Å². The molecule has 0 atom stereocenters. The molecule has 0 bridgehead atoms. The molecule has 0 aromatic heterocycles. The first-order chi connectivity index (χ1) is 12.5. The highest BCUT2D eigenvalue weighted by Gasteiger charge is 2.28. The van der Waals surface area contributed by atoms with Crippen LogP contribution < -0.4 is 0 Å². The van der Waals surface area contributed by atoms with Crippen molar-refractivity contribution < 1.29 is 0 Å². The van der Waals surface area contributed by atoms with Crippen LogP contribution in [0.2, 0.25) is 23.3 Å². The Morgan fingerprint density at radius 1 is 0.643 bits per heavy atom. The predicted octanol–water partition coefficient (Wildman–Crippen LogP) is 9.52. The summed E-state index contributed by atoms with van der Waals surface area (Å²) in [4.78, 5) is 0. The Balaban J connectivity index is -0.000000375. The minimum absolute atomic E-state index is 0.690. The molecule has 0 amide bonds. The van der Waals surface area contributed by atoms with Gasteiger partial charge in [-0.05, 0) is 39.5 Å². The van der Waals surface area contributed by atoms with Gasteiger partial charge in [-0.25, -0.2) is 0 Å². The normalized spacial score (nSPS) is 10.6. The van der Waals surface area contributed by atoms with Crippen molar-refractivity contribution in [3.05, 3.63) is 22.7 Å². The zero-order chi connectivity index (χ0) is 23.2. The Bertz CT molecular complexity index is 402. The molecule has 28 heavy (non-hydrogen) atoms. The summed E-state index contributed by atoms with van der Waals surface area (Å²) in [5.41, 5.74) is 4.61. The molecule has 0 fully saturated rings. The Kier molecular flexibility index (Phi) is 20.1. The van der Waals surface area contributed by atoms with Crippen molar-refractivity contribution in [3.63, 3.8) is 0 Å². The van der Waals surface area contributed by atoms with Crippen LogP contribution in [0.3, 0.4) is 0 Å². The molecule has 0 N–H and O–H groups in total. The van der Waals surface area contributed by atoms with Crippen molar-refractivity contribution in [1.82, 2.24) is 0 Å². The third-order valence-electron chi connectivity index (χ3n) is 4.60. The Morgan fingerprint density at radius 2 is 1.00 bits per heavy atom. The molecule has 0 nitrogen and oxygen atoms in total. The fourth-order valence-electron chi connectivity index (χ4n) is 4.39. The molecule has 0 heterocycles. The second kappa shape index (κ2) is 17.5. The van der Waals surface area contributed by atoms with Crippen molar-refractivity contribution in [1.29, 1.82) is 0 Å². The van der Waals surface area contributed by atoms with Crippen LogP contribution in [0.1, 0.15) is 111 Å².